The average Bonchev–Trinajstić information content (AvgIpc) is 2.56. The van der Waals surface area contributed by atoms with Gasteiger partial charge in [-0.25, -0.2) is 0 Å². The van der Waals surface area contributed by atoms with Crippen molar-refractivity contribution in [1.82, 2.24) is 14.7 Å². The van der Waals surface area contributed by atoms with Crippen molar-refractivity contribution in [2.75, 3.05) is 20.1 Å². The SMILES string of the molecule is CCc1nn(C)c(CC2(O)CCCN(C)C2)c1Br. The summed E-state index contributed by atoms with van der Waals surface area (Å²) in [5, 5.41) is 15.2. The molecule has 4 nitrogen and oxygen atoms in total. The molecule has 1 atom stereocenters. The maximum atomic E-state index is 10.7. The molecule has 1 aliphatic heterocycles. The predicted octanol–water partition coefficient (Wildman–Crippen LogP) is 1.74. The topological polar surface area (TPSA) is 41.3 Å². The molecule has 5 heteroatoms. The first kappa shape index (κ1) is 14.0. The molecule has 0 bridgehead atoms. The van der Waals surface area contributed by atoms with Crippen LogP contribution in [0.3, 0.4) is 0 Å². The molecule has 1 saturated heterocycles. The summed E-state index contributed by atoms with van der Waals surface area (Å²) >= 11 is 3.62. The van der Waals surface area contributed by atoms with Crippen molar-refractivity contribution in [2.45, 2.75) is 38.2 Å². The minimum Gasteiger partial charge on any atom is -0.388 e. The third kappa shape index (κ3) is 2.78. The van der Waals surface area contributed by atoms with E-state index < -0.39 is 5.60 Å². The van der Waals surface area contributed by atoms with E-state index in [-0.39, 0.29) is 0 Å². The van der Waals surface area contributed by atoms with Crippen molar-refractivity contribution < 1.29 is 5.11 Å². The Morgan fingerprint density at radius 2 is 2.17 bits per heavy atom. The number of hydrogen-bond donors (Lipinski definition) is 1. The van der Waals surface area contributed by atoms with Crippen LogP contribution in [0.15, 0.2) is 4.47 Å². The lowest BCUT2D eigenvalue weighted by Gasteiger charge is -2.37. The Bertz CT molecular complexity index is 432. The molecule has 1 aliphatic rings. The number of aliphatic hydroxyl groups is 1. The highest BCUT2D eigenvalue weighted by Gasteiger charge is 2.34. The van der Waals surface area contributed by atoms with E-state index in [1.807, 2.05) is 11.7 Å². The molecule has 0 radical (unpaired) electrons. The number of halogens is 1. The highest BCUT2D eigenvalue weighted by atomic mass is 79.9. The zero-order valence-electron chi connectivity index (χ0n) is 11.4. The van der Waals surface area contributed by atoms with E-state index in [1.165, 1.54) is 0 Å². The van der Waals surface area contributed by atoms with E-state index in [4.69, 9.17) is 0 Å². The van der Waals surface area contributed by atoms with Gasteiger partial charge in [0.1, 0.15) is 0 Å². The summed E-state index contributed by atoms with van der Waals surface area (Å²) in [5.41, 5.74) is 1.55. The van der Waals surface area contributed by atoms with Crippen LogP contribution in [0.2, 0.25) is 0 Å². The van der Waals surface area contributed by atoms with Gasteiger partial charge < -0.3 is 10.0 Å². The van der Waals surface area contributed by atoms with E-state index in [1.54, 1.807) is 0 Å². The Balaban J connectivity index is 2.20. The molecule has 0 aliphatic carbocycles. The standard InChI is InChI=1S/C13H22BrN3O/c1-4-10-12(14)11(17(3)15-10)8-13(18)6-5-7-16(2)9-13/h18H,4-9H2,1-3H3. The third-order valence-corrected chi connectivity index (χ3v) is 4.66. The first-order valence-corrected chi connectivity index (χ1v) is 7.35. The Morgan fingerprint density at radius 3 is 2.72 bits per heavy atom. The van der Waals surface area contributed by atoms with Crippen LogP contribution >= 0.6 is 15.9 Å². The quantitative estimate of drug-likeness (QED) is 0.924. The maximum absolute atomic E-state index is 10.7. The highest BCUT2D eigenvalue weighted by molar-refractivity contribution is 9.10. The first-order valence-electron chi connectivity index (χ1n) is 6.56. The van der Waals surface area contributed by atoms with Crippen LogP contribution < -0.4 is 0 Å². The number of piperidine rings is 1. The van der Waals surface area contributed by atoms with Crippen LogP contribution in [-0.2, 0) is 19.9 Å². The molecule has 1 aromatic heterocycles. The third-order valence-electron chi connectivity index (χ3n) is 3.75. The summed E-state index contributed by atoms with van der Waals surface area (Å²) in [4.78, 5) is 2.20. The van der Waals surface area contributed by atoms with Crippen LogP contribution in [0.5, 0.6) is 0 Å². The zero-order valence-corrected chi connectivity index (χ0v) is 13.0. The molecule has 0 saturated carbocycles. The Morgan fingerprint density at radius 1 is 1.44 bits per heavy atom. The number of nitrogens with zero attached hydrogens (tertiary/aromatic N) is 3. The second kappa shape index (κ2) is 5.31. The molecule has 1 fully saturated rings. The molecule has 18 heavy (non-hydrogen) atoms. The molecule has 0 spiro atoms. The smallest absolute Gasteiger partial charge is 0.0829 e. The summed E-state index contributed by atoms with van der Waals surface area (Å²) in [7, 11) is 4.02. The number of hydrogen-bond acceptors (Lipinski definition) is 3. The summed E-state index contributed by atoms with van der Waals surface area (Å²) in [6.07, 6.45) is 3.51. The molecule has 2 heterocycles. The van der Waals surface area contributed by atoms with E-state index in [0.717, 1.165) is 48.2 Å². The van der Waals surface area contributed by atoms with Crippen molar-refractivity contribution in [1.29, 1.82) is 0 Å². The van der Waals surface area contributed by atoms with E-state index in [0.29, 0.717) is 6.42 Å². The second-order valence-electron chi connectivity index (χ2n) is 5.43. The van der Waals surface area contributed by atoms with Crippen LogP contribution in [0.1, 0.15) is 31.2 Å². The number of aromatic nitrogens is 2. The van der Waals surface area contributed by atoms with Crippen LogP contribution in [-0.4, -0.2) is 45.5 Å². The highest BCUT2D eigenvalue weighted by Crippen LogP contribution is 2.29. The molecule has 1 unspecified atom stereocenters. The van der Waals surface area contributed by atoms with Gasteiger partial charge in [-0.15, -0.1) is 0 Å². The lowest BCUT2D eigenvalue weighted by molar-refractivity contribution is -0.0237. The van der Waals surface area contributed by atoms with Gasteiger partial charge in [-0.05, 0) is 48.8 Å². The second-order valence-corrected chi connectivity index (χ2v) is 6.22. The molecular weight excluding hydrogens is 294 g/mol. The molecule has 0 amide bonds. The Kier molecular flexibility index (Phi) is 4.14. The minimum absolute atomic E-state index is 0.617. The fourth-order valence-electron chi connectivity index (χ4n) is 2.81. The van der Waals surface area contributed by atoms with E-state index >= 15 is 0 Å². The van der Waals surface area contributed by atoms with Gasteiger partial charge in [0, 0.05) is 20.0 Å². The number of likely N-dealkylation sites (tertiary alicyclic amines) is 1. The van der Waals surface area contributed by atoms with Crippen molar-refractivity contribution in [3.8, 4) is 0 Å². The van der Waals surface area contributed by atoms with Crippen LogP contribution in [0.4, 0.5) is 0 Å². The van der Waals surface area contributed by atoms with Gasteiger partial charge in [-0.1, -0.05) is 6.92 Å². The van der Waals surface area contributed by atoms with Crippen LogP contribution in [0, 0.1) is 0 Å². The Hall–Kier alpha value is -0.390. The van der Waals surface area contributed by atoms with Crippen molar-refractivity contribution in [3.05, 3.63) is 15.9 Å². The lowest BCUT2D eigenvalue weighted by Crippen LogP contribution is -2.48. The maximum Gasteiger partial charge on any atom is 0.0829 e. The normalized spacial score (nSPS) is 25.6. The van der Waals surface area contributed by atoms with Gasteiger partial charge in [0.25, 0.3) is 0 Å². The molecule has 0 aromatic carbocycles. The lowest BCUT2D eigenvalue weighted by atomic mass is 9.88. The predicted molar refractivity (Wildman–Crippen MR) is 75.7 cm³/mol. The summed E-state index contributed by atoms with van der Waals surface area (Å²) in [5.74, 6) is 0. The largest absolute Gasteiger partial charge is 0.388 e. The molecule has 1 N–H and O–H groups in total. The summed E-state index contributed by atoms with van der Waals surface area (Å²) in [6, 6.07) is 0. The monoisotopic (exact) mass is 315 g/mol. The van der Waals surface area contributed by atoms with E-state index in [9.17, 15) is 5.11 Å². The fraction of sp³-hybridized carbons (Fsp3) is 0.769. The van der Waals surface area contributed by atoms with Gasteiger partial charge in [-0.2, -0.15) is 5.10 Å². The van der Waals surface area contributed by atoms with Gasteiger partial charge in [0.15, 0.2) is 0 Å². The Labute approximate surface area is 117 Å². The number of likely N-dealkylation sites (N-methyl/N-ethyl adjacent to an activating group) is 1. The van der Waals surface area contributed by atoms with Crippen molar-refractivity contribution >= 4 is 15.9 Å². The molecule has 1 aromatic rings. The van der Waals surface area contributed by atoms with Gasteiger partial charge in [0.2, 0.25) is 0 Å². The zero-order chi connectivity index (χ0) is 13.3. The average molecular weight is 316 g/mol. The molecular formula is C13H22BrN3O. The number of β-amino-alcohol motifs (C(OH)–C–C–N with tert-alkyl or cyclic N) is 1. The molecule has 2 rings (SSSR count). The van der Waals surface area contributed by atoms with Gasteiger partial charge in [0.05, 0.1) is 21.5 Å². The number of aryl methyl sites for hydroxylation is 2. The van der Waals surface area contributed by atoms with Crippen molar-refractivity contribution in [3.63, 3.8) is 0 Å². The van der Waals surface area contributed by atoms with E-state index in [2.05, 4.69) is 39.9 Å². The number of rotatable bonds is 3. The van der Waals surface area contributed by atoms with Gasteiger partial charge in [-0.3, -0.25) is 4.68 Å². The van der Waals surface area contributed by atoms with Gasteiger partial charge >= 0.3 is 0 Å². The summed E-state index contributed by atoms with van der Waals surface area (Å²) < 4.78 is 2.96. The minimum atomic E-state index is -0.617. The van der Waals surface area contributed by atoms with Crippen LogP contribution in [0.25, 0.3) is 0 Å². The fourth-order valence-corrected chi connectivity index (χ4v) is 3.56. The molecule has 102 valence electrons. The first-order chi connectivity index (χ1) is 8.45. The summed E-state index contributed by atoms with van der Waals surface area (Å²) in [6.45, 7) is 3.92. The van der Waals surface area contributed by atoms with Crippen molar-refractivity contribution in [2.24, 2.45) is 7.05 Å².